The van der Waals surface area contributed by atoms with Crippen LogP contribution in [-0.4, -0.2) is 0 Å². The van der Waals surface area contributed by atoms with Crippen LogP contribution in [0.15, 0.2) is 0 Å². The van der Waals surface area contributed by atoms with Crippen LogP contribution in [0, 0.1) is 0 Å². The second kappa shape index (κ2) is 24.1. The molecule has 0 saturated heterocycles. The molecule has 0 bridgehead atoms. The van der Waals surface area contributed by atoms with Gasteiger partial charge in [0, 0.05) is 50.6 Å². The third-order valence-electron chi connectivity index (χ3n) is 0. The van der Waals surface area contributed by atoms with Gasteiger partial charge in [-0.3, -0.25) is 0 Å². The molecule has 0 nitrogen and oxygen atoms in total. The fraction of sp³-hybridized carbons (Fsp3) is 1.00. The average molecular weight is 194 g/mol. The second-order valence-corrected chi connectivity index (χ2v) is 0. The number of hydrogen-bond donors (Lipinski definition) is 0. The van der Waals surface area contributed by atoms with Gasteiger partial charge in [-0.05, 0) is 0 Å². The minimum atomic E-state index is 0. The van der Waals surface area contributed by atoms with E-state index >= 15 is 0 Å². The van der Waals surface area contributed by atoms with Crippen molar-refractivity contribution in [3.63, 3.8) is 0 Å². The molecule has 0 aromatic heterocycles. The van der Waals surface area contributed by atoms with Crippen LogP contribution in [0.5, 0.6) is 0 Å². The van der Waals surface area contributed by atoms with E-state index in [1.165, 1.54) is 0 Å². The van der Waals surface area contributed by atoms with Crippen molar-refractivity contribution in [1.82, 2.24) is 0 Å². The quantitative estimate of drug-likeness (QED) is 0.496. The minimum Gasteiger partial charge on any atom is -0.0776 e. The van der Waals surface area contributed by atoms with E-state index in [2.05, 4.69) is 0 Å². The summed E-state index contributed by atoms with van der Waals surface area (Å²) in [5.41, 5.74) is 0. The van der Waals surface area contributed by atoms with Gasteiger partial charge in [-0.2, -0.15) is 0 Å². The van der Waals surface area contributed by atoms with E-state index in [9.17, 15) is 0 Å². The van der Waals surface area contributed by atoms with Crippen LogP contribution in [0.25, 0.3) is 0 Å². The average Bonchev–Trinajstić information content (AvgIpc) is 0. The zero-order valence-electron chi connectivity index (χ0n) is 0.971. The molecule has 1 radical (unpaired) electrons. The molecule has 0 saturated carbocycles. The maximum atomic E-state index is 0. The van der Waals surface area contributed by atoms with E-state index < -0.39 is 0 Å². The maximum absolute atomic E-state index is 0. The molecule has 0 heterocycles. The molecule has 4 heavy (non-hydrogen) atoms. The zero-order valence-corrected chi connectivity index (χ0v) is 4.00. The van der Waals surface area contributed by atoms with Crippen molar-refractivity contribution in [2.45, 2.75) is 7.43 Å². The fourth-order valence-corrected chi connectivity index (χ4v) is 0. The Balaban J connectivity index is 0. The molecule has 0 unspecified atom stereocenters. The van der Waals surface area contributed by atoms with Crippen LogP contribution in [0.4, 0.5) is 0 Å². The van der Waals surface area contributed by atoms with Gasteiger partial charge in [0.1, 0.15) is 0 Å². The molecular weight excluding hydrogens is 190 g/mol. The van der Waals surface area contributed by atoms with Gasteiger partial charge in [-0.25, -0.2) is 0 Å². The summed E-state index contributed by atoms with van der Waals surface area (Å²) in [5, 5.41) is 0. The summed E-state index contributed by atoms with van der Waals surface area (Å²) in [6, 6.07) is 0. The first kappa shape index (κ1) is 48.4. The van der Waals surface area contributed by atoms with E-state index in [0.29, 0.717) is 0 Å². The molecule has 0 N–H and O–H groups in total. The van der Waals surface area contributed by atoms with Crippen LogP contribution in [0.1, 0.15) is 7.43 Å². The zero-order chi connectivity index (χ0) is 0. The van der Waals surface area contributed by atoms with Gasteiger partial charge in [-0.1, -0.05) is 7.43 Å². The minimum absolute atomic E-state index is 0. The largest absolute Gasteiger partial charge is 0.0776 e. The second-order valence-electron chi connectivity index (χ2n) is 0. The molecule has 0 spiro atoms. The van der Waals surface area contributed by atoms with Crippen LogP contribution in [-0.2, 0) is 50.6 Å². The van der Waals surface area contributed by atoms with Gasteiger partial charge in [0.05, 0.1) is 0 Å². The Kier molecular flexibility index (Phi) is 291. The summed E-state index contributed by atoms with van der Waals surface area (Å²) < 4.78 is 0. The number of hydrogen-bond acceptors (Lipinski definition) is 0. The smallest absolute Gasteiger partial charge is 0 e. The summed E-state index contributed by atoms with van der Waals surface area (Å²) in [7, 11) is 0. The summed E-state index contributed by atoms with van der Waals surface area (Å²) in [5.74, 6) is 0. The Morgan fingerprint density at radius 2 is 1.00 bits per heavy atom. The SMILES string of the molecule is C.[Cu].[Fe].[Ni]. The fourth-order valence-electron chi connectivity index (χ4n) is 0. The van der Waals surface area contributed by atoms with Crippen molar-refractivity contribution in [3.8, 4) is 0 Å². The molecule has 0 aromatic carbocycles. The van der Waals surface area contributed by atoms with Gasteiger partial charge in [0.25, 0.3) is 0 Å². The number of rotatable bonds is 0. The summed E-state index contributed by atoms with van der Waals surface area (Å²) in [4.78, 5) is 0. The molecule has 3 heteroatoms. The topological polar surface area (TPSA) is 0 Å². The normalized spacial score (nSPS) is 0. The molecule has 0 aliphatic rings. The van der Waals surface area contributed by atoms with Crippen molar-refractivity contribution in [2.75, 3.05) is 0 Å². The van der Waals surface area contributed by atoms with Crippen LogP contribution < -0.4 is 0 Å². The molecule has 0 amide bonds. The Morgan fingerprint density at radius 1 is 1.00 bits per heavy atom. The standard InChI is InChI=1S/CH4.Cu.Fe.Ni/h1H4;;;. The predicted molar refractivity (Wildman–Crippen MR) is 6.73 cm³/mol. The Morgan fingerprint density at radius 3 is 1.00 bits per heavy atom. The van der Waals surface area contributed by atoms with E-state index in [0.717, 1.165) is 0 Å². The maximum Gasteiger partial charge on any atom is 0 e. The summed E-state index contributed by atoms with van der Waals surface area (Å²) >= 11 is 0. The molecule has 0 atom stereocenters. The molecule has 0 aromatic rings. The molecule has 37 valence electrons. The molecule has 0 fully saturated rings. The van der Waals surface area contributed by atoms with Gasteiger partial charge >= 0.3 is 0 Å². The van der Waals surface area contributed by atoms with E-state index in [-0.39, 0.29) is 58.1 Å². The van der Waals surface area contributed by atoms with Crippen molar-refractivity contribution in [1.29, 1.82) is 0 Å². The van der Waals surface area contributed by atoms with Crippen molar-refractivity contribution in [2.24, 2.45) is 0 Å². The van der Waals surface area contributed by atoms with E-state index in [4.69, 9.17) is 0 Å². The van der Waals surface area contributed by atoms with Crippen molar-refractivity contribution in [3.05, 3.63) is 0 Å². The monoisotopic (exact) mass is 193 g/mol. The Hall–Kier alpha value is 1.53. The third-order valence-corrected chi connectivity index (χ3v) is 0. The Labute approximate surface area is 58.0 Å². The van der Waals surface area contributed by atoms with Gasteiger partial charge in [-0.15, -0.1) is 0 Å². The first-order valence-electron chi connectivity index (χ1n) is 0. The summed E-state index contributed by atoms with van der Waals surface area (Å²) in [6.07, 6.45) is 0. The van der Waals surface area contributed by atoms with E-state index in [1.807, 2.05) is 0 Å². The first-order valence-corrected chi connectivity index (χ1v) is 0. The van der Waals surface area contributed by atoms with E-state index in [1.54, 1.807) is 0 Å². The van der Waals surface area contributed by atoms with Gasteiger partial charge in [0.15, 0.2) is 0 Å². The molecule has 0 aliphatic heterocycles. The molecule has 0 rings (SSSR count). The summed E-state index contributed by atoms with van der Waals surface area (Å²) in [6.45, 7) is 0. The van der Waals surface area contributed by atoms with Crippen molar-refractivity contribution >= 4 is 0 Å². The van der Waals surface area contributed by atoms with Crippen LogP contribution in [0.3, 0.4) is 0 Å². The first-order chi connectivity index (χ1) is 0. The molecule has 0 aliphatic carbocycles. The Bertz CT molecular complexity index is 8.00. The van der Waals surface area contributed by atoms with Crippen molar-refractivity contribution < 1.29 is 50.6 Å². The van der Waals surface area contributed by atoms with Crippen LogP contribution >= 0.6 is 0 Å². The van der Waals surface area contributed by atoms with Crippen LogP contribution in [0.2, 0.25) is 0 Å². The molecular formula is CH4CuFeNi. The van der Waals surface area contributed by atoms with Gasteiger partial charge < -0.3 is 0 Å². The predicted octanol–water partition coefficient (Wildman–Crippen LogP) is 0.629. The third kappa shape index (κ3) is 9.65. The van der Waals surface area contributed by atoms with Gasteiger partial charge in [0.2, 0.25) is 0 Å².